The maximum atomic E-state index is 11.8. The van der Waals surface area contributed by atoms with Gasteiger partial charge in [-0.1, -0.05) is 41.5 Å². The highest BCUT2D eigenvalue weighted by atomic mass is 16.4. The molecular weight excluding hydrogens is 188 g/mol. The van der Waals surface area contributed by atoms with Gasteiger partial charge in [0.25, 0.3) is 0 Å². The summed E-state index contributed by atoms with van der Waals surface area (Å²) in [6, 6.07) is 3.79. The molecule has 0 bridgehead atoms. The van der Waals surface area contributed by atoms with Gasteiger partial charge in [0.05, 0.1) is 0 Å². The van der Waals surface area contributed by atoms with Gasteiger partial charge in [-0.05, 0) is 17.5 Å². The highest BCUT2D eigenvalue weighted by Crippen LogP contribution is 2.24. The second-order valence-corrected chi connectivity index (χ2v) is 6.00. The molecule has 0 spiro atoms. The van der Waals surface area contributed by atoms with Crippen molar-refractivity contribution >= 4 is 0 Å². The van der Waals surface area contributed by atoms with Crippen LogP contribution < -0.4 is 5.63 Å². The second kappa shape index (κ2) is 3.51. The van der Waals surface area contributed by atoms with E-state index in [0.29, 0.717) is 0 Å². The summed E-state index contributed by atoms with van der Waals surface area (Å²) in [5.74, 6) is 0.737. The molecule has 0 aliphatic rings. The van der Waals surface area contributed by atoms with Gasteiger partial charge in [-0.25, -0.2) is 4.79 Å². The molecule has 0 aliphatic heterocycles. The van der Waals surface area contributed by atoms with Crippen LogP contribution in [-0.2, 0) is 10.8 Å². The predicted octanol–water partition coefficient (Wildman–Crippen LogP) is 3.23. The zero-order valence-electron chi connectivity index (χ0n) is 10.5. The zero-order chi connectivity index (χ0) is 11.9. The summed E-state index contributed by atoms with van der Waals surface area (Å²) in [7, 11) is 0. The molecule has 2 nitrogen and oxygen atoms in total. The lowest BCUT2D eigenvalue weighted by Gasteiger charge is -2.20. The minimum Gasteiger partial charge on any atom is -0.427 e. The van der Waals surface area contributed by atoms with Crippen LogP contribution in [0.4, 0.5) is 0 Å². The van der Waals surface area contributed by atoms with Crippen molar-refractivity contribution in [3.8, 4) is 0 Å². The summed E-state index contributed by atoms with van der Waals surface area (Å²) < 4.78 is 5.34. The monoisotopic (exact) mass is 208 g/mol. The summed E-state index contributed by atoms with van der Waals surface area (Å²) in [6.45, 7) is 12.1. The minimum atomic E-state index is -0.213. The van der Waals surface area contributed by atoms with Crippen LogP contribution in [0.3, 0.4) is 0 Å². The van der Waals surface area contributed by atoms with E-state index >= 15 is 0 Å². The first-order valence-electron chi connectivity index (χ1n) is 5.27. The molecule has 0 aliphatic carbocycles. The fraction of sp³-hybridized carbons (Fsp3) is 0.615. The highest BCUT2D eigenvalue weighted by Gasteiger charge is 2.22. The van der Waals surface area contributed by atoms with Gasteiger partial charge in [-0.15, -0.1) is 0 Å². The Kier molecular flexibility index (Phi) is 2.81. The van der Waals surface area contributed by atoms with Gasteiger partial charge in [-0.3, -0.25) is 0 Å². The van der Waals surface area contributed by atoms with Crippen LogP contribution in [0.5, 0.6) is 0 Å². The van der Waals surface area contributed by atoms with Crippen LogP contribution in [0.25, 0.3) is 0 Å². The highest BCUT2D eigenvalue weighted by molar-refractivity contribution is 5.21. The van der Waals surface area contributed by atoms with E-state index in [4.69, 9.17) is 4.42 Å². The lowest BCUT2D eigenvalue weighted by Crippen LogP contribution is -2.24. The Morgan fingerprint density at radius 2 is 1.47 bits per heavy atom. The first-order chi connectivity index (χ1) is 6.62. The Labute approximate surface area is 91.3 Å². The molecule has 2 heteroatoms. The molecule has 0 fully saturated rings. The molecule has 0 atom stereocenters. The van der Waals surface area contributed by atoms with Crippen LogP contribution in [0.15, 0.2) is 21.3 Å². The van der Waals surface area contributed by atoms with Crippen LogP contribution in [-0.4, -0.2) is 0 Å². The maximum absolute atomic E-state index is 11.8. The van der Waals surface area contributed by atoms with E-state index in [9.17, 15) is 4.79 Å². The Hall–Kier alpha value is -1.05. The molecule has 15 heavy (non-hydrogen) atoms. The van der Waals surface area contributed by atoms with Crippen molar-refractivity contribution in [2.24, 2.45) is 0 Å². The molecule has 1 aromatic rings. The van der Waals surface area contributed by atoms with Crippen LogP contribution in [0, 0.1) is 0 Å². The molecule has 0 N–H and O–H groups in total. The number of hydrogen-bond acceptors (Lipinski definition) is 2. The van der Waals surface area contributed by atoms with E-state index in [2.05, 4.69) is 0 Å². The topological polar surface area (TPSA) is 30.2 Å². The Morgan fingerprint density at radius 1 is 0.933 bits per heavy atom. The zero-order valence-corrected chi connectivity index (χ0v) is 10.5. The Morgan fingerprint density at radius 3 is 1.80 bits per heavy atom. The normalized spacial score (nSPS) is 12.9. The molecule has 0 saturated heterocycles. The fourth-order valence-electron chi connectivity index (χ4n) is 1.38. The molecule has 0 aromatic carbocycles. The molecule has 1 aromatic heterocycles. The molecule has 0 radical (unpaired) electrons. The van der Waals surface area contributed by atoms with Gasteiger partial charge in [0, 0.05) is 11.0 Å². The standard InChI is InChI=1S/C13H20O2/c1-12(2,3)9-7-8-10(13(4,5)6)15-11(9)14/h7-8H,1-6H3. The quantitative estimate of drug-likeness (QED) is 0.655. The predicted molar refractivity (Wildman–Crippen MR) is 62.4 cm³/mol. The van der Waals surface area contributed by atoms with Gasteiger partial charge >= 0.3 is 5.63 Å². The molecular formula is C13H20O2. The summed E-state index contributed by atoms with van der Waals surface area (Å²) in [4.78, 5) is 11.8. The second-order valence-electron chi connectivity index (χ2n) is 6.00. The van der Waals surface area contributed by atoms with Crippen molar-refractivity contribution in [2.45, 2.75) is 52.4 Å². The van der Waals surface area contributed by atoms with Crippen LogP contribution in [0.2, 0.25) is 0 Å². The summed E-state index contributed by atoms with van der Waals surface area (Å²) in [5, 5.41) is 0. The third kappa shape index (κ3) is 2.71. The smallest absolute Gasteiger partial charge is 0.339 e. The van der Waals surface area contributed by atoms with E-state index in [1.165, 1.54) is 0 Å². The van der Waals surface area contributed by atoms with Crippen molar-refractivity contribution in [3.63, 3.8) is 0 Å². The SMILES string of the molecule is CC(C)(C)c1ccc(C(C)(C)C)c(=O)o1. The van der Waals surface area contributed by atoms with Gasteiger partial charge in [0.1, 0.15) is 5.76 Å². The average Bonchev–Trinajstić information content (AvgIpc) is 1.99. The van der Waals surface area contributed by atoms with E-state index < -0.39 is 0 Å². The van der Waals surface area contributed by atoms with Gasteiger partial charge in [0.15, 0.2) is 0 Å². The van der Waals surface area contributed by atoms with E-state index in [0.717, 1.165) is 11.3 Å². The van der Waals surface area contributed by atoms with E-state index in [-0.39, 0.29) is 16.5 Å². The Bertz CT molecular complexity index is 400. The average molecular weight is 208 g/mol. The van der Waals surface area contributed by atoms with Crippen LogP contribution >= 0.6 is 0 Å². The third-order valence-electron chi connectivity index (χ3n) is 2.37. The van der Waals surface area contributed by atoms with Crippen molar-refractivity contribution < 1.29 is 4.42 Å². The molecule has 0 unspecified atom stereocenters. The van der Waals surface area contributed by atoms with Gasteiger partial charge < -0.3 is 4.42 Å². The lowest BCUT2D eigenvalue weighted by molar-refractivity contribution is 0.365. The van der Waals surface area contributed by atoms with Crippen molar-refractivity contribution in [3.05, 3.63) is 33.9 Å². The van der Waals surface area contributed by atoms with E-state index in [1.807, 2.05) is 53.7 Å². The fourth-order valence-corrected chi connectivity index (χ4v) is 1.38. The maximum Gasteiger partial charge on any atom is 0.339 e. The van der Waals surface area contributed by atoms with E-state index in [1.54, 1.807) is 0 Å². The first kappa shape index (κ1) is 12.0. The lowest BCUT2D eigenvalue weighted by atomic mass is 9.87. The summed E-state index contributed by atoms with van der Waals surface area (Å²) >= 11 is 0. The molecule has 1 heterocycles. The molecule has 0 amide bonds. The molecule has 84 valence electrons. The minimum absolute atomic E-state index is 0.116. The first-order valence-corrected chi connectivity index (χ1v) is 5.27. The van der Waals surface area contributed by atoms with Gasteiger partial charge in [0.2, 0.25) is 0 Å². The van der Waals surface area contributed by atoms with Crippen molar-refractivity contribution in [2.75, 3.05) is 0 Å². The summed E-state index contributed by atoms with van der Waals surface area (Å²) in [6.07, 6.45) is 0. The summed E-state index contributed by atoms with van der Waals surface area (Å²) in [5.41, 5.74) is 0.248. The van der Waals surface area contributed by atoms with Crippen LogP contribution in [0.1, 0.15) is 52.9 Å². The van der Waals surface area contributed by atoms with Crippen molar-refractivity contribution in [1.82, 2.24) is 0 Å². The van der Waals surface area contributed by atoms with Gasteiger partial charge in [-0.2, -0.15) is 0 Å². The largest absolute Gasteiger partial charge is 0.427 e. The molecule has 1 rings (SSSR count). The number of hydrogen-bond donors (Lipinski definition) is 0. The molecule has 0 saturated carbocycles. The van der Waals surface area contributed by atoms with Crippen molar-refractivity contribution in [1.29, 1.82) is 0 Å². The third-order valence-corrected chi connectivity index (χ3v) is 2.37. The number of rotatable bonds is 0. The Balaban J connectivity index is 3.28.